The summed E-state index contributed by atoms with van der Waals surface area (Å²) < 4.78 is 2.95. The summed E-state index contributed by atoms with van der Waals surface area (Å²) in [5, 5.41) is 0. The lowest BCUT2D eigenvalue weighted by Crippen LogP contribution is -2.31. The van der Waals surface area contributed by atoms with Crippen LogP contribution >= 0.6 is 11.3 Å². The number of carbonyl (C=O) groups excluding carboxylic acids is 1. The lowest BCUT2D eigenvalue weighted by molar-refractivity contribution is -0.129. The average molecular weight is 330 g/mol. The van der Waals surface area contributed by atoms with Crippen LogP contribution in [0.5, 0.6) is 0 Å². The highest BCUT2D eigenvalue weighted by Crippen LogP contribution is 2.28. The highest BCUT2D eigenvalue weighted by Gasteiger charge is 2.16. The van der Waals surface area contributed by atoms with Gasteiger partial charge in [0, 0.05) is 42.7 Å². The van der Waals surface area contributed by atoms with Gasteiger partial charge < -0.3 is 4.90 Å². The molecule has 0 aliphatic rings. The van der Waals surface area contributed by atoms with E-state index in [9.17, 15) is 9.59 Å². The molecular weight excluding hydrogens is 312 g/mol. The van der Waals surface area contributed by atoms with E-state index in [1.807, 2.05) is 19.1 Å². The van der Waals surface area contributed by atoms with Gasteiger partial charge in [0.05, 0.1) is 5.52 Å². The first-order valence-electron chi connectivity index (χ1n) is 7.20. The van der Waals surface area contributed by atoms with Gasteiger partial charge in [0.25, 0.3) is 0 Å². The van der Waals surface area contributed by atoms with Gasteiger partial charge in [0.2, 0.25) is 5.91 Å². The number of rotatable bonds is 3. The molecule has 0 spiro atoms. The molecule has 0 radical (unpaired) electrons. The monoisotopic (exact) mass is 330 g/mol. The molecule has 3 aromatic rings. The SMILES string of the molecule is Cc1ccc(-c2cnc3c(c2)n(CC(=O)N(C)C)c(=O)n3C)s1. The van der Waals surface area contributed by atoms with Crippen molar-refractivity contribution >= 4 is 28.4 Å². The van der Waals surface area contributed by atoms with Crippen LogP contribution in [0.3, 0.4) is 0 Å². The molecule has 0 N–H and O–H groups in total. The first kappa shape index (κ1) is 15.5. The largest absolute Gasteiger partial charge is 0.347 e. The molecule has 6 nitrogen and oxygen atoms in total. The van der Waals surface area contributed by atoms with E-state index in [0.29, 0.717) is 11.2 Å². The maximum absolute atomic E-state index is 12.4. The number of aryl methyl sites for hydroxylation is 2. The van der Waals surface area contributed by atoms with Crippen molar-refractivity contribution in [1.29, 1.82) is 0 Å². The van der Waals surface area contributed by atoms with E-state index in [-0.39, 0.29) is 18.1 Å². The van der Waals surface area contributed by atoms with Gasteiger partial charge in [-0.2, -0.15) is 0 Å². The van der Waals surface area contributed by atoms with Crippen LogP contribution in [0.25, 0.3) is 21.6 Å². The highest BCUT2D eigenvalue weighted by atomic mass is 32.1. The van der Waals surface area contributed by atoms with Crippen LogP contribution < -0.4 is 5.69 Å². The molecule has 3 rings (SSSR count). The Labute approximate surface area is 137 Å². The highest BCUT2D eigenvalue weighted by molar-refractivity contribution is 7.15. The Hall–Kier alpha value is -2.41. The standard InChI is InChI=1S/C16H18N4O2S/c1-10-5-6-13(23-10)11-7-12-15(17-8-11)19(4)16(22)20(12)9-14(21)18(2)3/h5-8H,9H2,1-4H3. The van der Waals surface area contributed by atoms with E-state index in [0.717, 1.165) is 10.4 Å². The van der Waals surface area contributed by atoms with Crippen molar-refractivity contribution in [1.82, 2.24) is 19.0 Å². The number of hydrogen-bond donors (Lipinski definition) is 0. The number of amides is 1. The quantitative estimate of drug-likeness (QED) is 0.736. The van der Waals surface area contributed by atoms with Gasteiger partial charge in [-0.3, -0.25) is 13.9 Å². The number of carbonyl (C=O) groups is 1. The van der Waals surface area contributed by atoms with E-state index < -0.39 is 0 Å². The number of thiophene rings is 1. The van der Waals surface area contributed by atoms with Gasteiger partial charge in [-0.05, 0) is 25.1 Å². The molecule has 0 aromatic carbocycles. The number of aromatic nitrogens is 3. The molecule has 7 heteroatoms. The van der Waals surface area contributed by atoms with Crippen molar-refractivity contribution in [2.24, 2.45) is 7.05 Å². The molecule has 3 aromatic heterocycles. The van der Waals surface area contributed by atoms with Crippen LogP contribution in [-0.4, -0.2) is 39.0 Å². The van der Waals surface area contributed by atoms with Crippen LogP contribution in [0.2, 0.25) is 0 Å². The smallest absolute Gasteiger partial charge is 0.330 e. The van der Waals surface area contributed by atoms with Gasteiger partial charge in [0.15, 0.2) is 5.65 Å². The molecule has 3 heterocycles. The number of pyridine rings is 1. The fraction of sp³-hybridized carbons (Fsp3) is 0.312. The maximum atomic E-state index is 12.4. The zero-order chi connectivity index (χ0) is 16.7. The second-order valence-corrected chi connectivity index (χ2v) is 6.98. The van der Waals surface area contributed by atoms with Gasteiger partial charge in [-0.15, -0.1) is 11.3 Å². The minimum atomic E-state index is -0.234. The van der Waals surface area contributed by atoms with Crippen molar-refractivity contribution in [3.8, 4) is 10.4 Å². The van der Waals surface area contributed by atoms with Crippen LogP contribution in [-0.2, 0) is 18.4 Å². The molecule has 0 unspecified atom stereocenters. The Morgan fingerprint density at radius 1 is 1.35 bits per heavy atom. The zero-order valence-corrected chi connectivity index (χ0v) is 14.3. The molecule has 0 saturated heterocycles. The summed E-state index contributed by atoms with van der Waals surface area (Å²) in [6, 6.07) is 6.02. The Morgan fingerprint density at radius 2 is 2.09 bits per heavy atom. The van der Waals surface area contributed by atoms with Crippen molar-refractivity contribution in [3.05, 3.63) is 39.8 Å². The topological polar surface area (TPSA) is 60.1 Å². The van der Waals surface area contributed by atoms with Crippen molar-refractivity contribution in [2.75, 3.05) is 14.1 Å². The Balaban J connectivity index is 2.17. The average Bonchev–Trinajstić information content (AvgIpc) is 3.05. The van der Waals surface area contributed by atoms with Crippen molar-refractivity contribution < 1.29 is 4.79 Å². The molecule has 0 bridgehead atoms. The summed E-state index contributed by atoms with van der Waals surface area (Å²) >= 11 is 1.68. The summed E-state index contributed by atoms with van der Waals surface area (Å²) in [7, 11) is 5.02. The predicted molar refractivity (Wildman–Crippen MR) is 91.7 cm³/mol. The van der Waals surface area contributed by atoms with E-state index in [4.69, 9.17) is 0 Å². The normalized spacial score (nSPS) is 11.1. The number of fused-ring (bicyclic) bond motifs is 1. The minimum Gasteiger partial charge on any atom is -0.347 e. The Kier molecular flexibility index (Phi) is 3.81. The number of hydrogen-bond acceptors (Lipinski definition) is 4. The fourth-order valence-corrected chi connectivity index (χ4v) is 3.28. The van der Waals surface area contributed by atoms with Gasteiger partial charge in [-0.25, -0.2) is 9.78 Å². The number of imidazole rings is 1. The molecular formula is C16H18N4O2S. The molecule has 0 atom stereocenters. The number of likely N-dealkylation sites (N-methyl/N-ethyl adjacent to an activating group) is 1. The van der Waals surface area contributed by atoms with E-state index in [1.165, 1.54) is 18.9 Å². The third-order valence-corrected chi connectivity index (χ3v) is 4.84. The van der Waals surface area contributed by atoms with E-state index in [1.54, 1.807) is 38.7 Å². The van der Waals surface area contributed by atoms with E-state index in [2.05, 4.69) is 11.1 Å². The summed E-state index contributed by atoms with van der Waals surface area (Å²) in [5.41, 5.74) is 1.98. The second kappa shape index (κ2) is 5.66. The van der Waals surface area contributed by atoms with Gasteiger partial charge in [0.1, 0.15) is 6.54 Å². The first-order chi connectivity index (χ1) is 10.9. The third-order valence-electron chi connectivity index (χ3n) is 3.79. The molecule has 1 amide bonds. The van der Waals surface area contributed by atoms with E-state index >= 15 is 0 Å². The van der Waals surface area contributed by atoms with Crippen LogP contribution in [0.15, 0.2) is 29.2 Å². The number of nitrogens with zero attached hydrogens (tertiary/aromatic N) is 4. The molecule has 23 heavy (non-hydrogen) atoms. The summed E-state index contributed by atoms with van der Waals surface area (Å²) in [4.78, 5) is 32.6. The van der Waals surface area contributed by atoms with Crippen LogP contribution in [0, 0.1) is 6.92 Å². The van der Waals surface area contributed by atoms with Gasteiger partial charge in [-0.1, -0.05) is 0 Å². The minimum absolute atomic E-state index is 0.0117. The van der Waals surface area contributed by atoms with Gasteiger partial charge >= 0.3 is 5.69 Å². The lowest BCUT2D eigenvalue weighted by Gasteiger charge is -2.10. The lowest BCUT2D eigenvalue weighted by atomic mass is 10.2. The molecule has 120 valence electrons. The maximum Gasteiger partial charge on any atom is 0.330 e. The molecule has 0 saturated carbocycles. The van der Waals surface area contributed by atoms with Crippen molar-refractivity contribution in [2.45, 2.75) is 13.5 Å². The summed E-state index contributed by atoms with van der Waals surface area (Å²) in [5.74, 6) is -0.128. The first-order valence-corrected chi connectivity index (χ1v) is 8.02. The Bertz CT molecular complexity index is 949. The third kappa shape index (κ3) is 2.68. The summed E-state index contributed by atoms with van der Waals surface area (Å²) in [6.45, 7) is 2.06. The molecule has 0 aliphatic heterocycles. The Morgan fingerprint density at radius 3 is 2.70 bits per heavy atom. The fourth-order valence-electron chi connectivity index (χ4n) is 2.43. The second-order valence-electron chi connectivity index (χ2n) is 5.69. The van der Waals surface area contributed by atoms with Crippen LogP contribution in [0.1, 0.15) is 4.88 Å². The van der Waals surface area contributed by atoms with Crippen molar-refractivity contribution in [3.63, 3.8) is 0 Å². The summed E-state index contributed by atoms with van der Waals surface area (Å²) in [6.07, 6.45) is 1.77. The predicted octanol–water partition coefficient (Wildman–Crippen LogP) is 1.86. The van der Waals surface area contributed by atoms with Crippen LogP contribution in [0.4, 0.5) is 0 Å². The molecule has 0 fully saturated rings. The zero-order valence-electron chi connectivity index (χ0n) is 13.5. The molecule has 0 aliphatic carbocycles.